The molecule has 8 heteroatoms. The highest BCUT2D eigenvalue weighted by molar-refractivity contribution is 7.13. The van der Waals surface area contributed by atoms with Crippen LogP contribution in [-0.4, -0.2) is 30.1 Å². The van der Waals surface area contributed by atoms with Gasteiger partial charge in [0.2, 0.25) is 0 Å². The van der Waals surface area contributed by atoms with Crippen LogP contribution in [0.15, 0.2) is 53.9 Å². The molecule has 0 radical (unpaired) electrons. The Labute approximate surface area is 171 Å². The number of esters is 1. The molecule has 0 aliphatic carbocycles. The lowest BCUT2D eigenvalue weighted by atomic mass is 10.2. The van der Waals surface area contributed by atoms with Crippen LogP contribution in [0.1, 0.15) is 23.0 Å². The highest BCUT2D eigenvalue weighted by Crippen LogP contribution is 2.26. The van der Waals surface area contributed by atoms with Gasteiger partial charge in [-0.2, -0.15) is 5.26 Å². The molecule has 1 heterocycles. The predicted octanol–water partition coefficient (Wildman–Crippen LogP) is 3.87. The highest BCUT2D eigenvalue weighted by atomic mass is 32.1. The highest BCUT2D eigenvalue weighted by Gasteiger charge is 2.21. The van der Waals surface area contributed by atoms with Gasteiger partial charge in [-0.15, -0.1) is 11.3 Å². The first-order valence-corrected chi connectivity index (χ1v) is 9.50. The zero-order valence-corrected chi connectivity index (χ0v) is 16.5. The number of nitrogens with one attached hydrogen (secondary N) is 1. The molecule has 0 aliphatic rings. The monoisotopic (exact) mass is 407 g/mol. The van der Waals surface area contributed by atoms with Crippen LogP contribution in [0.25, 0.3) is 10.6 Å². The van der Waals surface area contributed by atoms with Crippen LogP contribution in [0.2, 0.25) is 0 Å². The number of hydrogen-bond donors (Lipinski definition) is 1. The Morgan fingerprint density at radius 2 is 1.83 bits per heavy atom. The van der Waals surface area contributed by atoms with Crippen LogP contribution in [-0.2, 0) is 9.53 Å². The average molecular weight is 407 g/mol. The molecule has 7 nitrogen and oxygen atoms in total. The number of benzene rings is 2. The molecular weight excluding hydrogens is 390 g/mol. The minimum absolute atomic E-state index is 0.138. The van der Waals surface area contributed by atoms with Crippen molar-refractivity contribution in [2.75, 3.05) is 12.4 Å². The molecule has 0 unspecified atom stereocenters. The van der Waals surface area contributed by atoms with E-state index in [4.69, 9.17) is 14.7 Å². The molecule has 3 rings (SSSR count). The maximum Gasteiger partial charge on any atom is 0.358 e. The van der Waals surface area contributed by atoms with Crippen molar-refractivity contribution in [3.8, 4) is 22.4 Å². The Kier molecular flexibility index (Phi) is 6.22. The molecule has 1 atom stereocenters. The van der Waals surface area contributed by atoms with Crippen molar-refractivity contribution < 1.29 is 19.1 Å². The van der Waals surface area contributed by atoms with Crippen molar-refractivity contribution in [1.82, 2.24) is 4.98 Å². The van der Waals surface area contributed by atoms with Gasteiger partial charge in [-0.25, -0.2) is 9.78 Å². The van der Waals surface area contributed by atoms with Crippen molar-refractivity contribution in [3.63, 3.8) is 0 Å². The van der Waals surface area contributed by atoms with E-state index in [9.17, 15) is 9.59 Å². The van der Waals surface area contributed by atoms with Gasteiger partial charge in [-0.3, -0.25) is 4.79 Å². The maximum atomic E-state index is 12.3. The summed E-state index contributed by atoms with van der Waals surface area (Å²) in [5.74, 6) is -0.427. The number of nitrogens with zero attached hydrogens (tertiary/aromatic N) is 2. The van der Waals surface area contributed by atoms with E-state index in [1.165, 1.54) is 18.3 Å². The van der Waals surface area contributed by atoms with E-state index in [2.05, 4.69) is 10.3 Å². The zero-order valence-electron chi connectivity index (χ0n) is 15.7. The number of rotatable bonds is 6. The summed E-state index contributed by atoms with van der Waals surface area (Å²) in [6.45, 7) is 1.48. The number of anilines is 1. The van der Waals surface area contributed by atoms with Gasteiger partial charge in [0.15, 0.2) is 11.8 Å². The van der Waals surface area contributed by atoms with Crippen molar-refractivity contribution >= 4 is 28.9 Å². The molecule has 0 saturated heterocycles. The molecule has 3 aromatic rings. The minimum Gasteiger partial charge on any atom is -0.497 e. The van der Waals surface area contributed by atoms with Gasteiger partial charge in [0.05, 0.1) is 18.7 Å². The standard InChI is InChI=1S/C21H17N3O4S/c1-13(19(25)23-16-7-3-14(11-22)4-8-16)28-21(26)18-12-29-20(24-18)15-5-9-17(27-2)10-6-15/h3-10,12-13H,1-2H3,(H,23,25)/t13-/m1/s1. The number of nitriles is 1. The van der Waals surface area contributed by atoms with E-state index < -0.39 is 18.0 Å². The number of aromatic nitrogens is 1. The second-order valence-electron chi connectivity index (χ2n) is 5.99. The van der Waals surface area contributed by atoms with Gasteiger partial charge in [0.1, 0.15) is 10.8 Å². The largest absolute Gasteiger partial charge is 0.497 e. The Balaban J connectivity index is 1.60. The third-order valence-corrected chi connectivity index (χ3v) is 4.88. The summed E-state index contributed by atoms with van der Waals surface area (Å²) in [5.41, 5.74) is 1.98. The molecule has 29 heavy (non-hydrogen) atoms. The van der Waals surface area contributed by atoms with Crippen LogP contribution >= 0.6 is 11.3 Å². The molecule has 1 amide bonds. The molecule has 1 N–H and O–H groups in total. The smallest absolute Gasteiger partial charge is 0.358 e. The molecule has 2 aromatic carbocycles. The number of ether oxygens (including phenoxy) is 2. The number of hydrogen-bond acceptors (Lipinski definition) is 7. The van der Waals surface area contributed by atoms with E-state index in [1.807, 2.05) is 30.3 Å². The summed E-state index contributed by atoms with van der Waals surface area (Å²) >= 11 is 1.31. The Morgan fingerprint density at radius 3 is 2.45 bits per heavy atom. The molecular formula is C21H17N3O4S. The summed E-state index contributed by atoms with van der Waals surface area (Å²) < 4.78 is 10.3. The van der Waals surface area contributed by atoms with Crippen molar-refractivity contribution in [1.29, 1.82) is 5.26 Å². The van der Waals surface area contributed by atoms with Gasteiger partial charge >= 0.3 is 5.97 Å². The predicted molar refractivity (Wildman–Crippen MR) is 109 cm³/mol. The number of methoxy groups -OCH3 is 1. The molecule has 0 bridgehead atoms. The lowest BCUT2D eigenvalue weighted by molar-refractivity contribution is -0.123. The second-order valence-corrected chi connectivity index (χ2v) is 6.85. The quantitative estimate of drug-likeness (QED) is 0.623. The first kappa shape index (κ1) is 20.0. The van der Waals surface area contributed by atoms with E-state index in [1.54, 1.807) is 36.8 Å². The Morgan fingerprint density at radius 1 is 1.14 bits per heavy atom. The summed E-state index contributed by atoms with van der Waals surface area (Å²) in [6.07, 6.45) is -1.01. The van der Waals surface area contributed by atoms with Gasteiger partial charge < -0.3 is 14.8 Å². The molecule has 0 aliphatic heterocycles. The van der Waals surface area contributed by atoms with Crippen LogP contribution < -0.4 is 10.1 Å². The van der Waals surface area contributed by atoms with Gasteiger partial charge in [0, 0.05) is 16.6 Å². The van der Waals surface area contributed by atoms with E-state index in [0.717, 1.165) is 11.3 Å². The van der Waals surface area contributed by atoms with E-state index in [-0.39, 0.29) is 5.69 Å². The molecule has 1 aromatic heterocycles. The minimum atomic E-state index is -1.01. The number of carbonyl (C=O) groups excluding carboxylic acids is 2. The van der Waals surface area contributed by atoms with Gasteiger partial charge in [-0.1, -0.05) is 0 Å². The maximum absolute atomic E-state index is 12.3. The van der Waals surface area contributed by atoms with Crippen molar-refractivity contribution in [2.45, 2.75) is 13.0 Å². The molecule has 0 saturated carbocycles. The fourth-order valence-corrected chi connectivity index (χ4v) is 3.18. The van der Waals surface area contributed by atoms with Crippen LogP contribution in [0, 0.1) is 11.3 Å². The van der Waals surface area contributed by atoms with Gasteiger partial charge in [-0.05, 0) is 55.5 Å². The number of carbonyl (C=O) groups is 2. The third kappa shape index (κ3) is 4.97. The lowest BCUT2D eigenvalue weighted by Gasteiger charge is -2.12. The SMILES string of the molecule is COc1ccc(-c2nc(C(=O)O[C@H](C)C(=O)Nc3ccc(C#N)cc3)cs2)cc1. The van der Waals surface area contributed by atoms with Gasteiger partial charge in [0.25, 0.3) is 5.91 Å². The summed E-state index contributed by atoms with van der Waals surface area (Å²) in [5, 5.41) is 13.7. The third-order valence-electron chi connectivity index (χ3n) is 3.98. The van der Waals surface area contributed by atoms with E-state index >= 15 is 0 Å². The normalized spacial score (nSPS) is 11.2. The lowest BCUT2D eigenvalue weighted by Crippen LogP contribution is -2.30. The summed E-state index contributed by atoms with van der Waals surface area (Å²) in [7, 11) is 1.59. The number of thiazole rings is 1. The number of amides is 1. The van der Waals surface area contributed by atoms with E-state index in [0.29, 0.717) is 16.3 Å². The fourth-order valence-electron chi connectivity index (χ4n) is 2.38. The van der Waals surface area contributed by atoms with Crippen LogP contribution in [0.3, 0.4) is 0 Å². The molecule has 0 fully saturated rings. The topological polar surface area (TPSA) is 101 Å². The fraction of sp³-hybridized carbons (Fsp3) is 0.143. The Hall–Kier alpha value is -3.70. The average Bonchev–Trinajstić information content (AvgIpc) is 3.24. The summed E-state index contributed by atoms with van der Waals surface area (Å²) in [6, 6.07) is 15.7. The first-order chi connectivity index (χ1) is 14.0. The first-order valence-electron chi connectivity index (χ1n) is 8.62. The Bertz CT molecular complexity index is 1050. The molecule has 0 spiro atoms. The van der Waals surface area contributed by atoms with Crippen LogP contribution in [0.4, 0.5) is 5.69 Å². The second kappa shape index (κ2) is 8.99. The van der Waals surface area contributed by atoms with Crippen molar-refractivity contribution in [2.24, 2.45) is 0 Å². The molecule has 146 valence electrons. The van der Waals surface area contributed by atoms with Crippen molar-refractivity contribution in [3.05, 3.63) is 65.2 Å². The zero-order chi connectivity index (χ0) is 20.8. The van der Waals surface area contributed by atoms with Crippen LogP contribution in [0.5, 0.6) is 5.75 Å². The summed E-state index contributed by atoms with van der Waals surface area (Å²) in [4.78, 5) is 28.9.